The summed E-state index contributed by atoms with van der Waals surface area (Å²) in [5.41, 5.74) is 7.63. The third-order valence-electron chi connectivity index (χ3n) is 3.02. The van der Waals surface area contributed by atoms with Gasteiger partial charge in [-0.2, -0.15) is 0 Å². The monoisotopic (exact) mass is 247 g/mol. The lowest BCUT2D eigenvalue weighted by Crippen LogP contribution is -2.15. The molecule has 94 valence electrons. The number of nitrogens with two attached hydrogens (primary N) is 1. The van der Waals surface area contributed by atoms with E-state index in [0.29, 0.717) is 13.0 Å². The molecule has 0 bridgehead atoms. The van der Waals surface area contributed by atoms with Gasteiger partial charge >= 0.3 is 0 Å². The van der Waals surface area contributed by atoms with Crippen LogP contribution in [-0.4, -0.2) is 6.54 Å². The van der Waals surface area contributed by atoms with E-state index in [1.807, 2.05) is 30.3 Å². The van der Waals surface area contributed by atoms with Crippen LogP contribution in [0.2, 0.25) is 0 Å². The number of halogens is 2. The Morgan fingerprint density at radius 1 is 0.944 bits per heavy atom. The molecule has 0 heterocycles. The van der Waals surface area contributed by atoms with Crippen molar-refractivity contribution in [3.63, 3.8) is 0 Å². The smallest absolute Gasteiger partial charge is 0.159 e. The first-order chi connectivity index (χ1) is 8.70. The number of hydrogen-bond donors (Lipinski definition) is 1. The molecule has 2 aromatic rings. The molecule has 0 aromatic heterocycles. The quantitative estimate of drug-likeness (QED) is 0.881. The SMILES string of the molecule is NCC(Cc1ccc(F)c(F)c1)c1ccccc1. The summed E-state index contributed by atoms with van der Waals surface area (Å²) in [7, 11) is 0. The van der Waals surface area contributed by atoms with Crippen molar-refractivity contribution in [1.82, 2.24) is 0 Å². The molecule has 1 unspecified atom stereocenters. The van der Waals surface area contributed by atoms with Gasteiger partial charge in [-0.15, -0.1) is 0 Å². The van der Waals surface area contributed by atoms with Crippen LogP contribution >= 0.6 is 0 Å². The van der Waals surface area contributed by atoms with Gasteiger partial charge in [-0.3, -0.25) is 0 Å². The van der Waals surface area contributed by atoms with Crippen molar-refractivity contribution in [3.05, 3.63) is 71.3 Å². The van der Waals surface area contributed by atoms with E-state index < -0.39 is 11.6 Å². The summed E-state index contributed by atoms with van der Waals surface area (Å²) >= 11 is 0. The zero-order valence-corrected chi connectivity index (χ0v) is 9.94. The molecule has 0 aliphatic rings. The molecule has 0 saturated heterocycles. The molecule has 0 radical (unpaired) electrons. The lowest BCUT2D eigenvalue weighted by atomic mass is 9.92. The number of rotatable bonds is 4. The molecule has 0 spiro atoms. The van der Waals surface area contributed by atoms with Gasteiger partial charge in [-0.1, -0.05) is 36.4 Å². The Hall–Kier alpha value is -1.74. The Balaban J connectivity index is 2.18. The Morgan fingerprint density at radius 2 is 1.67 bits per heavy atom. The van der Waals surface area contributed by atoms with Crippen LogP contribution in [0.1, 0.15) is 17.0 Å². The summed E-state index contributed by atoms with van der Waals surface area (Å²) in [5, 5.41) is 0. The molecular formula is C15H15F2N. The molecule has 2 rings (SSSR count). The number of benzene rings is 2. The van der Waals surface area contributed by atoms with Gasteiger partial charge in [0.1, 0.15) is 0 Å². The largest absolute Gasteiger partial charge is 0.330 e. The van der Waals surface area contributed by atoms with E-state index in [1.54, 1.807) is 6.07 Å². The van der Waals surface area contributed by atoms with Gasteiger partial charge in [0.15, 0.2) is 11.6 Å². The van der Waals surface area contributed by atoms with E-state index in [0.717, 1.165) is 17.2 Å². The van der Waals surface area contributed by atoms with Gasteiger partial charge in [-0.05, 0) is 36.2 Å². The normalized spacial score (nSPS) is 12.4. The van der Waals surface area contributed by atoms with E-state index in [-0.39, 0.29) is 5.92 Å². The predicted molar refractivity (Wildman–Crippen MR) is 68.3 cm³/mol. The molecule has 0 saturated carbocycles. The fourth-order valence-corrected chi connectivity index (χ4v) is 2.01. The summed E-state index contributed by atoms with van der Waals surface area (Å²) in [6.45, 7) is 0.475. The Morgan fingerprint density at radius 3 is 2.28 bits per heavy atom. The highest BCUT2D eigenvalue weighted by molar-refractivity contribution is 5.25. The van der Waals surface area contributed by atoms with E-state index in [9.17, 15) is 8.78 Å². The van der Waals surface area contributed by atoms with Gasteiger partial charge in [0.05, 0.1) is 0 Å². The van der Waals surface area contributed by atoms with Crippen LogP contribution in [0.4, 0.5) is 8.78 Å². The second-order valence-electron chi connectivity index (χ2n) is 4.30. The average molecular weight is 247 g/mol. The first kappa shape index (κ1) is 12.7. The summed E-state index contributed by atoms with van der Waals surface area (Å²) in [6, 6.07) is 13.8. The molecular weight excluding hydrogens is 232 g/mol. The topological polar surface area (TPSA) is 26.0 Å². The highest BCUT2D eigenvalue weighted by Crippen LogP contribution is 2.20. The van der Waals surface area contributed by atoms with Crippen LogP contribution in [0.5, 0.6) is 0 Å². The first-order valence-corrected chi connectivity index (χ1v) is 5.89. The van der Waals surface area contributed by atoms with E-state index in [4.69, 9.17) is 5.73 Å². The van der Waals surface area contributed by atoms with Crippen LogP contribution in [0.3, 0.4) is 0 Å². The maximum atomic E-state index is 13.1. The van der Waals surface area contributed by atoms with Gasteiger partial charge in [-0.25, -0.2) is 8.78 Å². The Labute approximate surface area is 105 Å². The van der Waals surface area contributed by atoms with Gasteiger partial charge in [0.25, 0.3) is 0 Å². The fraction of sp³-hybridized carbons (Fsp3) is 0.200. The zero-order chi connectivity index (χ0) is 13.0. The second-order valence-corrected chi connectivity index (χ2v) is 4.30. The summed E-state index contributed by atoms with van der Waals surface area (Å²) in [4.78, 5) is 0. The van der Waals surface area contributed by atoms with Crippen molar-refractivity contribution in [3.8, 4) is 0 Å². The molecule has 0 aliphatic heterocycles. The van der Waals surface area contributed by atoms with Gasteiger partial charge in [0.2, 0.25) is 0 Å². The number of hydrogen-bond acceptors (Lipinski definition) is 1. The molecule has 2 aromatic carbocycles. The zero-order valence-electron chi connectivity index (χ0n) is 9.94. The minimum atomic E-state index is -0.817. The summed E-state index contributed by atoms with van der Waals surface area (Å²) in [6.07, 6.45) is 0.609. The minimum Gasteiger partial charge on any atom is -0.330 e. The van der Waals surface area contributed by atoms with E-state index >= 15 is 0 Å². The molecule has 0 amide bonds. The van der Waals surface area contributed by atoms with E-state index in [2.05, 4.69) is 0 Å². The minimum absolute atomic E-state index is 0.121. The highest BCUT2D eigenvalue weighted by Gasteiger charge is 2.11. The highest BCUT2D eigenvalue weighted by atomic mass is 19.2. The van der Waals surface area contributed by atoms with Gasteiger partial charge < -0.3 is 5.73 Å². The van der Waals surface area contributed by atoms with Crippen LogP contribution in [0.25, 0.3) is 0 Å². The fourth-order valence-electron chi connectivity index (χ4n) is 2.01. The van der Waals surface area contributed by atoms with Crippen LogP contribution in [0, 0.1) is 11.6 Å². The Bertz CT molecular complexity index is 511. The molecule has 0 aliphatic carbocycles. The van der Waals surface area contributed by atoms with Crippen LogP contribution < -0.4 is 5.73 Å². The summed E-state index contributed by atoms with van der Waals surface area (Å²) < 4.78 is 26.0. The third kappa shape index (κ3) is 2.93. The van der Waals surface area contributed by atoms with Crippen molar-refractivity contribution >= 4 is 0 Å². The van der Waals surface area contributed by atoms with Crippen LogP contribution in [-0.2, 0) is 6.42 Å². The lowest BCUT2D eigenvalue weighted by Gasteiger charge is -2.15. The van der Waals surface area contributed by atoms with Crippen LogP contribution in [0.15, 0.2) is 48.5 Å². The van der Waals surface area contributed by atoms with Crippen molar-refractivity contribution < 1.29 is 8.78 Å². The summed E-state index contributed by atoms with van der Waals surface area (Å²) in [5.74, 6) is -1.50. The molecule has 1 atom stereocenters. The van der Waals surface area contributed by atoms with Crippen molar-refractivity contribution in [2.24, 2.45) is 5.73 Å². The first-order valence-electron chi connectivity index (χ1n) is 5.89. The third-order valence-corrected chi connectivity index (χ3v) is 3.02. The standard InChI is InChI=1S/C15H15F2N/c16-14-7-6-11(9-15(14)17)8-13(10-18)12-4-2-1-3-5-12/h1-7,9,13H,8,10,18H2. The maximum Gasteiger partial charge on any atom is 0.159 e. The predicted octanol–water partition coefficient (Wildman–Crippen LogP) is 3.25. The molecule has 0 fully saturated rings. The van der Waals surface area contributed by atoms with Gasteiger partial charge in [0, 0.05) is 5.92 Å². The molecule has 3 heteroatoms. The van der Waals surface area contributed by atoms with E-state index in [1.165, 1.54) is 6.07 Å². The van der Waals surface area contributed by atoms with Crippen molar-refractivity contribution in [2.45, 2.75) is 12.3 Å². The molecule has 2 N–H and O–H groups in total. The second kappa shape index (κ2) is 5.74. The van der Waals surface area contributed by atoms with Crippen molar-refractivity contribution in [2.75, 3.05) is 6.54 Å². The molecule has 18 heavy (non-hydrogen) atoms. The molecule has 1 nitrogen and oxygen atoms in total. The Kier molecular flexibility index (Phi) is 4.05. The lowest BCUT2D eigenvalue weighted by molar-refractivity contribution is 0.506. The van der Waals surface area contributed by atoms with Crippen molar-refractivity contribution in [1.29, 1.82) is 0 Å². The maximum absolute atomic E-state index is 13.1. The average Bonchev–Trinajstić information content (AvgIpc) is 2.41.